The number of halogens is 2. The van der Waals surface area contributed by atoms with Crippen LogP contribution in [0, 0.1) is 0 Å². The van der Waals surface area contributed by atoms with Crippen molar-refractivity contribution in [2.75, 3.05) is 20.3 Å². The van der Waals surface area contributed by atoms with Crippen LogP contribution >= 0.6 is 0 Å². The van der Waals surface area contributed by atoms with Crippen molar-refractivity contribution in [1.82, 2.24) is 5.32 Å². The van der Waals surface area contributed by atoms with Gasteiger partial charge in [-0.2, -0.15) is 8.78 Å². The van der Waals surface area contributed by atoms with Crippen molar-refractivity contribution in [3.8, 4) is 17.2 Å². The van der Waals surface area contributed by atoms with E-state index in [0.29, 0.717) is 18.7 Å². The second kappa shape index (κ2) is 10.4. The summed E-state index contributed by atoms with van der Waals surface area (Å²) in [4.78, 5) is 11.9. The standard InChI is InChI=1S/C20H23F2NO4/c1-3-14-4-7-16(8-5-14)26-13-19(24)23-11-10-15-6-9-17(25-2)18(12-15)27-20(21)22/h4-9,12,20H,3,10-11,13H2,1-2H3,(H,23,24). The number of aryl methyl sites for hydroxylation is 1. The highest BCUT2D eigenvalue weighted by atomic mass is 19.3. The number of hydrogen-bond donors (Lipinski definition) is 1. The van der Waals surface area contributed by atoms with Gasteiger partial charge in [0, 0.05) is 6.54 Å². The van der Waals surface area contributed by atoms with E-state index in [0.717, 1.165) is 12.0 Å². The number of carbonyl (C=O) groups excluding carboxylic acids is 1. The molecule has 1 N–H and O–H groups in total. The van der Waals surface area contributed by atoms with E-state index < -0.39 is 6.61 Å². The topological polar surface area (TPSA) is 56.8 Å². The van der Waals surface area contributed by atoms with E-state index in [2.05, 4.69) is 17.0 Å². The lowest BCUT2D eigenvalue weighted by Gasteiger charge is -2.12. The Bertz CT molecular complexity index is 735. The molecule has 0 radical (unpaired) electrons. The molecule has 0 bridgehead atoms. The van der Waals surface area contributed by atoms with Gasteiger partial charge in [0.15, 0.2) is 18.1 Å². The van der Waals surface area contributed by atoms with Gasteiger partial charge < -0.3 is 19.5 Å². The Balaban J connectivity index is 1.78. The Labute approximate surface area is 157 Å². The highest BCUT2D eigenvalue weighted by Crippen LogP contribution is 2.29. The molecule has 2 aromatic carbocycles. The van der Waals surface area contributed by atoms with E-state index >= 15 is 0 Å². The molecular weight excluding hydrogens is 356 g/mol. The van der Waals surface area contributed by atoms with Crippen LogP contribution in [-0.2, 0) is 17.6 Å². The Hall–Kier alpha value is -2.83. The maximum absolute atomic E-state index is 12.4. The number of alkyl halides is 2. The Morgan fingerprint density at radius 1 is 1.07 bits per heavy atom. The quantitative estimate of drug-likeness (QED) is 0.685. The van der Waals surface area contributed by atoms with Crippen LogP contribution in [0.5, 0.6) is 17.2 Å². The first-order chi connectivity index (χ1) is 13.0. The first kappa shape index (κ1) is 20.5. The fourth-order valence-electron chi connectivity index (χ4n) is 2.43. The molecule has 0 fully saturated rings. The minimum Gasteiger partial charge on any atom is -0.493 e. The Kier molecular flexibility index (Phi) is 7.85. The van der Waals surface area contributed by atoms with Crippen molar-refractivity contribution >= 4 is 5.91 Å². The van der Waals surface area contributed by atoms with E-state index in [1.54, 1.807) is 12.1 Å². The monoisotopic (exact) mass is 379 g/mol. The zero-order valence-corrected chi connectivity index (χ0v) is 15.3. The SMILES string of the molecule is CCc1ccc(OCC(=O)NCCc2ccc(OC)c(OC(F)F)c2)cc1. The summed E-state index contributed by atoms with van der Waals surface area (Å²) in [5.41, 5.74) is 1.93. The van der Waals surface area contributed by atoms with Crippen molar-refractivity contribution in [3.05, 3.63) is 53.6 Å². The number of methoxy groups -OCH3 is 1. The molecule has 146 valence electrons. The Morgan fingerprint density at radius 3 is 2.41 bits per heavy atom. The zero-order valence-electron chi connectivity index (χ0n) is 15.3. The van der Waals surface area contributed by atoms with E-state index in [-0.39, 0.29) is 24.0 Å². The lowest BCUT2D eigenvalue weighted by Crippen LogP contribution is -2.30. The third-order valence-electron chi connectivity index (χ3n) is 3.88. The van der Waals surface area contributed by atoms with Gasteiger partial charge in [-0.3, -0.25) is 4.79 Å². The Morgan fingerprint density at radius 2 is 1.78 bits per heavy atom. The molecule has 0 aromatic heterocycles. The third-order valence-corrected chi connectivity index (χ3v) is 3.88. The van der Waals surface area contributed by atoms with Gasteiger partial charge in [0.2, 0.25) is 0 Å². The predicted molar refractivity (Wildman–Crippen MR) is 97.7 cm³/mol. The minimum absolute atomic E-state index is 0.0322. The highest BCUT2D eigenvalue weighted by molar-refractivity contribution is 5.77. The molecule has 0 spiro atoms. The molecule has 2 aromatic rings. The molecule has 0 aliphatic rings. The summed E-state index contributed by atoms with van der Waals surface area (Å²) < 4.78 is 39.8. The molecule has 1 amide bonds. The van der Waals surface area contributed by atoms with Crippen LogP contribution in [0.4, 0.5) is 8.78 Å². The van der Waals surface area contributed by atoms with Gasteiger partial charge in [-0.15, -0.1) is 0 Å². The van der Waals surface area contributed by atoms with Crippen molar-refractivity contribution in [2.45, 2.75) is 26.4 Å². The zero-order chi connectivity index (χ0) is 19.6. The number of carbonyl (C=O) groups is 1. The molecule has 0 aliphatic carbocycles. The molecule has 0 heterocycles. The van der Waals surface area contributed by atoms with Gasteiger partial charge >= 0.3 is 6.61 Å². The molecule has 27 heavy (non-hydrogen) atoms. The van der Waals surface area contributed by atoms with E-state index in [1.165, 1.54) is 18.7 Å². The van der Waals surface area contributed by atoms with Gasteiger partial charge in [-0.05, 0) is 48.2 Å². The second-order valence-corrected chi connectivity index (χ2v) is 5.75. The average Bonchev–Trinajstić information content (AvgIpc) is 2.66. The van der Waals surface area contributed by atoms with Gasteiger partial charge in [0.1, 0.15) is 5.75 Å². The highest BCUT2D eigenvalue weighted by Gasteiger charge is 2.11. The van der Waals surface area contributed by atoms with Crippen LogP contribution in [0.3, 0.4) is 0 Å². The lowest BCUT2D eigenvalue weighted by atomic mass is 10.1. The lowest BCUT2D eigenvalue weighted by molar-refractivity contribution is -0.123. The summed E-state index contributed by atoms with van der Waals surface area (Å²) >= 11 is 0. The number of nitrogens with one attached hydrogen (secondary N) is 1. The van der Waals surface area contributed by atoms with Crippen LogP contribution in [0.1, 0.15) is 18.1 Å². The van der Waals surface area contributed by atoms with Crippen LogP contribution in [0.2, 0.25) is 0 Å². The summed E-state index contributed by atoms with van der Waals surface area (Å²) in [5.74, 6) is 0.569. The van der Waals surface area contributed by atoms with Crippen LogP contribution in [0.15, 0.2) is 42.5 Å². The number of hydrogen-bond acceptors (Lipinski definition) is 4. The van der Waals surface area contributed by atoms with Gasteiger partial charge in [-0.25, -0.2) is 0 Å². The molecule has 2 rings (SSSR count). The first-order valence-electron chi connectivity index (χ1n) is 8.62. The largest absolute Gasteiger partial charge is 0.493 e. The van der Waals surface area contributed by atoms with Crippen LogP contribution in [-0.4, -0.2) is 32.8 Å². The smallest absolute Gasteiger partial charge is 0.387 e. The summed E-state index contributed by atoms with van der Waals surface area (Å²) in [6.07, 6.45) is 1.40. The van der Waals surface area contributed by atoms with Crippen LogP contribution in [0.25, 0.3) is 0 Å². The van der Waals surface area contributed by atoms with Crippen LogP contribution < -0.4 is 19.5 Å². The van der Waals surface area contributed by atoms with Crippen molar-refractivity contribution < 1.29 is 27.8 Å². The minimum atomic E-state index is -2.93. The van der Waals surface area contributed by atoms with E-state index in [1.807, 2.05) is 24.3 Å². The van der Waals surface area contributed by atoms with Gasteiger partial charge in [-0.1, -0.05) is 25.1 Å². The molecule has 0 unspecified atom stereocenters. The van der Waals surface area contributed by atoms with Crippen molar-refractivity contribution in [2.24, 2.45) is 0 Å². The van der Waals surface area contributed by atoms with E-state index in [4.69, 9.17) is 9.47 Å². The first-order valence-corrected chi connectivity index (χ1v) is 8.62. The molecule has 5 nitrogen and oxygen atoms in total. The van der Waals surface area contributed by atoms with Crippen molar-refractivity contribution in [3.63, 3.8) is 0 Å². The molecule has 7 heteroatoms. The fourth-order valence-corrected chi connectivity index (χ4v) is 2.43. The molecule has 0 aliphatic heterocycles. The number of rotatable bonds is 10. The summed E-state index contributed by atoms with van der Waals surface area (Å²) in [6.45, 7) is -0.614. The number of benzene rings is 2. The number of ether oxygens (including phenoxy) is 3. The van der Waals surface area contributed by atoms with Gasteiger partial charge in [0.05, 0.1) is 7.11 Å². The summed E-state index contributed by atoms with van der Waals surface area (Å²) in [5, 5.41) is 2.73. The average molecular weight is 379 g/mol. The predicted octanol–water partition coefficient (Wildman–Crippen LogP) is 3.60. The fraction of sp³-hybridized carbons (Fsp3) is 0.350. The molecule has 0 saturated heterocycles. The summed E-state index contributed by atoms with van der Waals surface area (Å²) in [7, 11) is 1.38. The maximum Gasteiger partial charge on any atom is 0.387 e. The number of amides is 1. The molecular formula is C20H23F2NO4. The van der Waals surface area contributed by atoms with Crippen molar-refractivity contribution in [1.29, 1.82) is 0 Å². The van der Waals surface area contributed by atoms with Gasteiger partial charge in [0.25, 0.3) is 5.91 Å². The third kappa shape index (κ3) is 6.77. The summed E-state index contributed by atoms with van der Waals surface area (Å²) in [6, 6.07) is 12.3. The second-order valence-electron chi connectivity index (χ2n) is 5.75. The maximum atomic E-state index is 12.4. The normalized spacial score (nSPS) is 10.6. The van der Waals surface area contributed by atoms with E-state index in [9.17, 15) is 13.6 Å². The molecule has 0 atom stereocenters. The molecule has 0 saturated carbocycles.